The van der Waals surface area contributed by atoms with E-state index in [0.717, 1.165) is 23.6 Å². The topological polar surface area (TPSA) is 21.6 Å². The smallest absolute Gasteiger partial charge is 0.216 e. The molecular formula is C17H15NO. The summed E-state index contributed by atoms with van der Waals surface area (Å²) in [5, 5.41) is 0. The fourth-order valence-corrected chi connectivity index (χ4v) is 2.09. The van der Waals surface area contributed by atoms with E-state index in [-0.39, 0.29) is 0 Å². The predicted molar refractivity (Wildman–Crippen MR) is 79.2 cm³/mol. The zero-order valence-electron chi connectivity index (χ0n) is 10.6. The molecule has 3 rings (SSSR count). The van der Waals surface area contributed by atoms with Gasteiger partial charge in [0.1, 0.15) is 6.61 Å². The van der Waals surface area contributed by atoms with Gasteiger partial charge in [-0.1, -0.05) is 60.7 Å². The fourth-order valence-electron chi connectivity index (χ4n) is 2.09. The molecule has 1 aliphatic rings. The molecule has 0 aliphatic carbocycles. The number of rotatable bonds is 3. The van der Waals surface area contributed by atoms with Gasteiger partial charge in [0.15, 0.2) is 0 Å². The van der Waals surface area contributed by atoms with Gasteiger partial charge in [-0.25, -0.2) is 4.99 Å². The minimum Gasteiger partial charge on any atom is -0.475 e. The normalized spacial score (nSPS) is 14.4. The van der Waals surface area contributed by atoms with Crippen LogP contribution in [0.3, 0.4) is 0 Å². The molecule has 0 aromatic heterocycles. The molecule has 0 N–H and O–H groups in total. The van der Waals surface area contributed by atoms with Crippen LogP contribution in [0.2, 0.25) is 0 Å². The van der Waals surface area contributed by atoms with Crippen molar-refractivity contribution in [2.75, 3.05) is 13.2 Å². The summed E-state index contributed by atoms with van der Waals surface area (Å²) in [4.78, 5) is 4.38. The van der Waals surface area contributed by atoms with E-state index in [2.05, 4.69) is 41.4 Å². The summed E-state index contributed by atoms with van der Waals surface area (Å²) in [5.74, 6) is 0.758. The second-order valence-corrected chi connectivity index (χ2v) is 4.37. The van der Waals surface area contributed by atoms with E-state index in [1.807, 2.05) is 30.3 Å². The quantitative estimate of drug-likeness (QED) is 0.761. The van der Waals surface area contributed by atoms with Crippen LogP contribution in [0.5, 0.6) is 0 Å². The molecule has 2 nitrogen and oxygen atoms in total. The largest absolute Gasteiger partial charge is 0.475 e. The average Bonchev–Trinajstić information content (AvgIpc) is 3.01. The standard InChI is InChI=1S/C17H15NO/c1-2-6-14(7-3-1)10-11-15-8-4-5-9-16(15)17-18-12-13-19-17/h1-11H,12-13H2. The lowest BCUT2D eigenvalue weighted by Crippen LogP contribution is -2.02. The molecule has 0 fully saturated rings. The van der Waals surface area contributed by atoms with E-state index in [4.69, 9.17) is 4.74 Å². The monoisotopic (exact) mass is 249 g/mol. The van der Waals surface area contributed by atoms with Gasteiger partial charge in [-0.15, -0.1) is 0 Å². The molecule has 0 spiro atoms. The van der Waals surface area contributed by atoms with Crippen molar-refractivity contribution in [1.29, 1.82) is 0 Å². The Morgan fingerprint density at radius 3 is 2.47 bits per heavy atom. The van der Waals surface area contributed by atoms with Gasteiger partial charge >= 0.3 is 0 Å². The third-order valence-corrected chi connectivity index (χ3v) is 3.03. The molecule has 0 bridgehead atoms. The number of ether oxygens (including phenoxy) is 1. The van der Waals surface area contributed by atoms with Gasteiger partial charge < -0.3 is 4.74 Å². The lowest BCUT2D eigenvalue weighted by molar-refractivity contribution is 0.348. The van der Waals surface area contributed by atoms with Crippen molar-refractivity contribution in [1.82, 2.24) is 0 Å². The van der Waals surface area contributed by atoms with Crippen LogP contribution in [0.25, 0.3) is 12.2 Å². The molecule has 2 aromatic carbocycles. The summed E-state index contributed by atoms with van der Waals surface area (Å²) in [5.41, 5.74) is 3.38. The van der Waals surface area contributed by atoms with Gasteiger partial charge in [0.05, 0.1) is 6.54 Å². The summed E-state index contributed by atoms with van der Waals surface area (Å²) < 4.78 is 5.55. The second kappa shape index (κ2) is 5.53. The van der Waals surface area contributed by atoms with Crippen LogP contribution in [-0.4, -0.2) is 19.0 Å². The fraction of sp³-hybridized carbons (Fsp3) is 0.118. The number of hydrogen-bond donors (Lipinski definition) is 0. The zero-order chi connectivity index (χ0) is 12.9. The highest BCUT2D eigenvalue weighted by atomic mass is 16.5. The lowest BCUT2D eigenvalue weighted by atomic mass is 10.1. The van der Waals surface area contributed by atoms with Crippen molar-refractivity contribution in [3.63, 3.8) is 0 Å². The van der Waals surface area contributed by atoms with Gasteiger partial charge in [0, 0.05) is 5.56 Å². The van der Waals surface area contributed by atoms with Crippen molar-refractivity contribution in [3.8, 4) is 0 Å². The molecule has 0 atom stereocenters. The van der Waals surface area contributed by atoms with Crippen LogP contribution in [0, 0.1) is 0 Å². The van der Waals surface area contributed by atoms with Crippen LogP contribution in [0.4, 0.5) is 0 Å². The predicted octanol–water partition coefficient (Wildman–Crippen LogP) is 3.63. The Balaban J connectivity index is 1.91. The highest BCUT2D eigenvalue weighted by Crippen LogP contribution is 2.16. The molecule has 19 heavy (non-hydrogen) atoms. The number of hydrogen-bond acceptors (Lipinski definition) is 2. The second-order valence-electron chi connectivity index (χ2n) is 4.37. The molecule has 2 heteroatoms. The van der Waals surface area contributed by atoms with Crippen LogP contribution in [0.15, 0.2) is 59.6 Å². The molecule has 0 radical (unpaired) electrons. The Bertz CT molecular complexity index is 614. The van der Waals surface area contributed by atoms with Crippen molar-refractivity contribution >= 4 is 18.0 Å². The van der Waals surface area contributed by atoms with Crippen molar-refractivity contribution in [2.45, 2.75) is 0 Å². The minimum atomic E-state index is 0.687. The van der Waals surface area contributed by atoms with Crippen LogP contribution < -0.4 is 0 Å². The average molecular weight is 249 g/mol. The summed E-state index contributed by atoms with van der Waals surface area (Å²) >= 11 is 0. The van der Waals surface area contributed by atoms with Crippen LogP contribution in [-0.2, 0) is 4.74 Å². The third kappa shape index (κ3) is 2.74. The first kappa shape index (κ1) is 11.7. The maximum Gasteiger partial charge on any atom is 0.216 e. The van der Waals surface area contributed by atoms with E-state index in [1.54, 1.807) is 0 Å². The van der Waals surface area contributed by atoms with Crippen molar-refractivity contribution in [2.24, 2.45) is 4.99 Å². The van der Waals surface area contributed by atoms with Gasteiger partial charge in [0.25, 0.3) is 0 Å². The SMILES string of the molecule is C(=Cc1ccccc1C1=NCCO1)c1ccccc1. The molecule has 0 saturated carbocycles. The Kier molecular flexibility index (Phi) is 3.41. The van der Waals surface area contributed by atoms with Gasteiger partial charge in [0.2, 0.25) is 5.90 Å². The maximum atomic E-state index is 5.55. The van der Waals surface area contributed by atoms with E-state index in [1.165, 1.54) is 5.56 Å². The molecular weight excluding hydrogens is 234 g/mol. The van der Waals surface area contributed by atoms with E-state index in [0.29, 0.717) is 6.61 Å². The molecule has 1 aliphatic heterocycles. The number of aliphatic imine (C=N–C) groups is 1. The van der Waals surface area contributed by atoms with E-state index in [9.17, 15) is 0 Å². The lowest BCUT2D eigenvalue weighted by Gasteiger charge is -2.05. The summed E-state index contributed by atoms with van der Waals surface area (Å²) in [6.07, 6.45) is 4.21. The van der Waals surface area contributed by atoms with Crippen LogP contribution >= 0.6 is 0 Å². The van der Waals surface area contributed by atoms with Crippen LogP contribution in [0.1, 0.15) is 16.7 Å². The van der Waals surface area contributed by atoms with Gasteiger partial charge in [-0.2, -0.15) is 0 Å². The molecule has 2 aromatic rings. The first-order chi connectivity index (χ1) is 9.43. The molecule has 94 valence electrons. The third-order valence-electron chi connectivity index (χ3n) is 3.03. The van der Waals surface area contributed by atoms with Gasteiger partial charge in [-0.05, 0) is 17.2 Å². The minimum absolute atomic E-state index is 0.687. The molecule has 0 amide bonds. The summed E-state index contributed by atoms with van der Waals surface area (Å²) in [7, 11) is 0. The van der Waals surface area contributed by atoms with Gasteiger partial charge in [-0.3, -0.25) is 0 Å². The van der Waals surface area contributed by atoms with E-state index < -0.39 is 0 Å². The summed E-state index contributed by atoms with van der Waals surface area (Å²) in [6.45, 7) is 1.44. The Morgan fingerprint density at radius 1 is 0.895 bits per heavy atom. The van der Waals surface area contributed by atoms with Crippen molar-refractivity contribution < 1.29 is 4.74 Å². The molecule has 0 saturated heterocycles. The molecule has 0 unspecified atom stereocenters. The molecule has 1 heterocycles. The maximum absolute atomic E-state index is 5.55. The highest BCUT2D eigenvalue weighted by Gasteiger charge is 2.12. The summed E-state index contributed by atoms with van der Waals surface area (Å²) in [6, 6.07) is 18.4. The Hall–Kier alpha value is -2.35. The Labute approximate surface area is 113 Å². The number of benzene rings is 2. The highest BCUT2D eigenvalue weighted by molar-refractivity contribution is 5.99. The van der Waals surface area contributed by atoms with Crippen molar-refractivity contribution in [3.05, 3.63) is 71.3 Å². The first-order valence-electron chi connectivity index (χ1n) is 6.43. The zero-order valence-corrected chi connectivity index (χ0v) is 10.6. The first-order valence-corrected chi connectivity index (χ1v) is 6.43. The van der Waals surface area contributed by atoms with E-state index >= 15 is 0 Å². The number of nitrogens with zero attached hydrogens (tertiary/aromatic N) is 1. The Morgan fingerprint density at radius 2 is 1.68 bits per heavy atom.